The fourth-order valence-corrected chi connectivity index (χ4v) is 4.53. The third-order valence-electron chi connectivity index (χ3n) is 4.11. The van der Waals surface area contributed by atoms with Gasteiger partial charge in [-0.15, -0.1) is 11.3 Å². The van der Waals surface area contributed by atoms with E-state index in [2.05, 4.69) is 20.6 Å². The molecule has 3 rings (SSSR count). The Morgan fingerprint density at radius 1 is 1.29 bits per heavy atom. The summed E-state index contributed by atoms with van der Waals surface area (Å²) in [5, 5.41) is 7.01. The highest BCUT2D eigenvalue weighted by atomic mass is 32.2. The molecule has 0 aliphatic carbocycles. The van der Waals surface area contributed by atoms with Crippen LogP contribution in [0.1, 0.15) is 24.4 Å². The van der Waals surface area contributed by atoms with Crippen LogP contribution in [0.2, 0.25) is 0 Å². The highest BCUT2D eigenvalue weighted by Crippen LogP contribution is 2.32. The summed E-state index contributed by atoms with van der Waals surface area (Å²) in [4.78, 5) is 43.6. The van der Waals surface area contributed by atoms with Gasteiger partial charge in [0.05, 0.1) is 10.6 Å². The Labute approximate surface area is 170 Å². The first kappa shape index (κ1) is 20.1. The number of amides is 3. The summed E-state index contributed by atoms with van der Waals surface area (Å²) in [5.41, 5.74) is 1.70. The van der Waals surface area contributed by atoms with Gasteiger partial charge in [-0.1, -0.05) is 30.3 Å². The fraction of sp³-hybridized carbons (Fsp3) is 0.263. The Hall–Kier alpha value is -2.65. The number of aromatic amines is 1. The average molecular weight is 417 g/mol. The van der Waals surface area contributed by atoms with Crippen molar-refractivity contribution in [2.45, 2.75) is 18.6 Å². The number of hydrogen-bond donors (Lipinski definition) is 3. The van der Waals surface area contributed by atoms with Gasteiger partial charge in [-0.25, -0.2) is 9.78 Å². The summed E-state index contributed by atoms with van der Waals surface area (Å²) in [6.45, 7) is 1.93. The lowest BCUT2D eigenvalue weighted by Crippen LogP contribution is -2.37. The number of urea groups is 1. The van der Waals surface area contributed by atoms with Crippen molar-refractivity contribution in [3.63, 3.8) is 0 Å². The van der Waals surface area contributed by atoms with Crippen LogP contribution in [-0.4, -0.2) is 34.7 Å². The Bertz CT molecular complexity index is 1050. The highest BCUT2D eigenvalue weighted by Gasteiger charge is 2.16. The number of imide groups is 1. The maximum absolute atomic E-state index is 12.7. The predicted molar refractivity (Wildman–Crippen MR) is 114 cm³/mol. The molecular weight excluding hydrogens is 396 g/mol. The van der Waals surface area contributed by atoms with E-state index in [-0.39, 0.29) is 23.1 Å². The Morgan fingerprint density at radius 3 is 2.75 bits per heavy atom. The van der Waals surface area contributed by atoms with Crippen molar-refractivity contribution in [3.8, 4) is 11.1 Å². The molecule has 0 radical (unpaired) electrons. The van der Waals surface area contributed by atoms with Crippen LogP contribution in [0.5, 0.6) is 0 Å². The van der Waals surface area contributed by atoms with Gasteiger partial charge in [0.1, 0.15) is 10.7 Å². The summed E-state index contributed by atoms with van der Waals surface area (Å²) in [6.07, 6.45) is 0.200. The van der Waals surface area contributed by atoms with E-state index in [9.17, 15) is 14.4 Å². The van der Waals surface area contributed by atoms with Crippen LogP contribution < -0.4 is 16.2 Å². The summed E-state index contributed by atoms with van der Waals surface area (Å²) in [5.74, 6) is 0.739. The molecule has 9 heteroatoms. The number of hydrogen-bond acceptors (Lipinski definition) is 6. The topological polar surface area (TPSA) is 104 Å². The van der Waals surface area contributed by atoms with Gasteiger partial charge < -0.3 is 10.3 Å². The number of benzene rings is 1. The van der Waals surface area contributed by atoms with Gasteiger partial charge in [0.25, 0.3) is 5.56 Å². The van der Waals surface area contributed by atoms with Crippen molar-refractivity contribution < 1.29 is 9.59 Å². The lowest BCUT2D eigenvalue weighted by Gasteiger charge is -2.10. The Balaban J connectivity index is 1.71. The number of nitrogens with zero attached hydrogens (tertiary/aromatic N) is 1. The van der Waals surface area contributed by atoms with Crippen LogP contribution in [0.4, 0.5) is 4.79 Å². The molecule has 3 aromatic rings. The zero-order valence-electron chi connectivity index (χ0n) is 15.4. The van der Waals surface area contributed by atoms with Crippen LogP contribution in [0.3, 0.4) is 0 Å². The lowest BCUT2D eigenvalue weighted by atomic mass is 10.1. The van der Waals surface area contributed by atoms with E-state index in [4.69, 9.17) is 0 Å². The third kappa shape index (κ3) is 4.60. The second kappa shape index (κ2) is 9.03. The molecule has 0 bridgehead atoms. The number of thioether (sulfide) groups is 1. The Morgan fingerprint density at radius 2 is 2.04 bits per heavy atom. The van der Waals surface area contributed by atoms with E-state index < -0.39 is 6.03 Å². The highest BCUT2D eigenvalue weighted by molar-refractivity contribution is 7.99. The molecule has 2 aromatic heterocycles. The summed E-state index contributed by atoms with van der Waals surface area (Å²) >= 11 is 2.94. The quantitative estimate of drug-likeness (QED) is 0.572. The van der Waals surface area contributed by atoms with Gasteiger partial charge in [-0.2, -0.15) is 11.8 Å². The fourth-order valence-electron chi connectivity index (χ4n) is 2.65. The number of carbonyl (C=O) groups is 2. The van der Waals surface area contributed by atoms with Crippen molar-refractivity contribution >= 4 is 45.3 Å². The molecule has 3 amide bonds. The van der Waals surface area contributed by atoms with E-state index in [1.54, 1.807) is 0 Å². The number of carbonyl (C=O) groups excluding carboxylic acids is 2. The Kier molecular flexibility index (Phi) is 6.48. The van der Waals surface area contributed by atoms with Gasteiger partial charge >= 0.3 is 6.03 Å². The minimum atomic E-state index is -0.522. The minimum Gasteiger partial charge on any atom is -0.341 e. The number of nitrogens with one attached hydrogen (secondary N) is 3. The zero-order valence-corrected chi connectivity index (χ0v) is 17.1. The molecule has 0 fully saturated rings. The van der Waals surface area contributed by atoms with E-state index in [1.165, 1.54) is 30.1 Å². The number of H-pyrrole nitrogens is 1. The number of rotatable bonds is 6. The number of aromatic nitrogens is 2. The predicted octanol–water partition coefficient (Wildman–Crippen LogP) is 3.29. The van der Waals surface area contributed by atoms with Gasteiger partial charge in [-0.3, -0.25) is 14.9 Å². The van der Waals surface area contributed by atoms with Crippen LogP contribution in [0.15, 0.2) is 40.5 Å². The van der Waals surface area contributed by atoms with Gasteiger partial charge in [0.15, 0.2) is 0 Å². The van der Waals surface area contributed by atoms with E-state index in [1.807, 2.05) is 42.6 Å². The zero-order chi connectivity index (χ0) is 20.1. The normalized spacial score (nSPS) is 11.9. The first-order valence-electron chi connectivity index (χ1n) is 8.69. The van der Waals surface area contributed by atoms with Gasteiger partial charge in [-0.05, 0) is 12.5 Å². The monoisotopic (exact) mass is 416 g/mol. The van der Waals surface area contributed by atoms with Gasteiger partial charge in [0.2, 0.25) is 5.91 Å². The van der Waals surface area contributed by atoms with E-state index in [0.717, 1.165) is 11.1 Å². The molecule has 0 saturated carbocycles. The molecular formula is C19H20N4O3S2. The second-order valence-electron chi connectivity index (χ2n) is 6.04. The molecule has 0 saturated heterocycles. The first-order valence-corrected chi connectivity index (χ1v) is 10.6. The maximum atomic E-state index is 12.7. The molecule has 0 aliphatic rings. The summed E-state index contributed by atoms with van der Waals surface area (Å²) in [6, 6.07) is 9.23. The number of thiophene rings is 1. The summed E-state index contributed by atoms with van der Waals surface area (Å²) in [7, 11) is 1.45. The average Bonchev–Trinajstić information content (AvgIpc) is 3.13. The van der Waals surface area contributed by atoms with Crippen molar-refractivity contribution in [3.05, 3.63) is 51.9 Å². The number of fused-ring (bicyclic) bond motifs is 1. The first-order chi connectivity index (χ1) is 13.5. The minimum absolute atomic E-state index is 0.0906. The van der Waals surface area contributed by atoms with Gasteiger partial charge in [0, 0.05) is 30.2 Å². The molecule has 28 heavy (non-hydrogen) atoms. The van der Waals surface area contributed by atoms with Crippen LogP contribution in [-0.2, 0) is 4.79 Å². The van der Waals surface area contributed by atoms with Crippen molar-refractivity contribution in [2.24, 2.45) is 0 Å². The molecule has 1 aromatic carbocycles. The molecule has 1 atom stereocenters. The third-order valence-corrected chi connectivity index (χ3v) is 6.14. The van der Waals surface area contributed by atoms with E-state index >= 15 is 0 Å². The van der Waals surface area contributed by atoms with E-state index in [0.29, 0.717) is 21.8 Å². The second-order valence-corrected chi connectivity index (χ2v) is 8.34. The molecule has 146 valence electrons. The molecule has 0 unspecified atom stereocenters. The lowest BCUT2D eigenvalue weighted by molar-refractivity contribution is -0.119. The molecule has 7 nitrogen and oxygen atoms in total. The van der Waals surface area contributed by atoms with Crippen molar-refractivity contribution in [1.29, 1.82) is 0 Å². The largest absolute Gasteiger partial charge is 0.341 e. The van der Waals surface area contributed by atoms with Crippen molar-refractivity contribution in [1.82, 2.24) is 20.6 Å². The van der Waals surface area contributed by atoms with Crippen LogP contribution >= 0.6 is 23.1 Å². The SMILES string of the molecule is CNC(=O)NC(=O)CCS[C@H](C)c1nc2scc(-c3ccccc3)c2c(=O)[nH]1. The van der Waals surface area contributed by atoms with Crippen LogP contribution in [0.25, 0.3) is 21.3 Å². The standard InChI is InChI=1S/C19H20N4O3S2/c1-11(27-9-8-14(24)21-19(26)20-2)16-22-17(25)15-13(10-28-18(15)23-16)12-6-4-3-5-7-12/h3-7,10-11H,8-9H2,1-2H3,(H,22,23,25)(H2,20,21,24,26)/t11-/m1/s1. The molecule has 2 heterocycles. The maximum Gasteiger partial charge on any atom is 0.321 e. The van der Waals surface area contributed by atoms with Crippen molar-refractivity contribution in [2.75, 3.05) is 12.8 Å². The van der Waals surface area contributed by atoms with Crippen LogP contribution in [0, 0.1) is 0 Å². The molecule has 0 aliphatic heterocycles. The molecule has 3 N–H and O–H groups in total. The smallest absolute Gasteiger partial charge is 0.321 e. The molecule has 0 spiro atoms. The summed E-state index contributed by atoms with van der Waals surface area (Å²) < 4.78 is 0.